The van der Waals surface area contributed by atoms with Crippen LogP contribution in [0.3, 0.4) is 0 Å². The molecule has 0 spiro atoms. The van der Waals surface area contributed by atoms with Gasteiger partial charge >= 0.3 is 0 Å². The van der Waals surface area contributed by atoms with Crippen molar-refractivity contribution in [1.82, 2.24) is 5.01 Å². The Balaban J connectivity index is 5.30. The molecule has 15 heavy (non-hydrogen) atoms. The second-order valence-electron chi connectivity index (χ2n) is 5.61. The summed E-state index contributed by atoms with van der Waals surface area (Å²) in [5.74, 6) is -0.0231. The molecule has 0 heterocycles. The summed E-state index contributed by atoms with van der Waals surface area (Å²) >= 11 is 0. The minimum Gasteiger partial charge on any atom is -0.492 e. The Morgan fingerprint density at radius 3 is 1.80 bits per heavy atom. The van der Waals surface area contributed by atoms with Crippen molar-refractivity contribution in [3.63, 3.8) is 0 Å². The highest BCUT2D eigenvalue weighted by Crippen LogP contribution is 2.27. The Hall–Kier alpha value is -1.19. The van der Waals surface area contributed by atoms with E-state index in [9.17, 15) is 5.11 Å². The fourth-order valence-electron chi connectivity index (χ4n) is 1.05. The van der Waals surface area contributed by atoms with Gasteiger partial charge in [-0.3, -0.25) is 0 Å². The minimum atomic E-state index is -0.346. The fraction of sp³-hybridized carbons (Fsp3) is 0.727. The number of aliphatic hydroxyl groups is 1. The van der Waals surface area contributed by atoms with Crippen LogP contribution in [-0.2, 0) is 0 Å². The number of hydrazone groups is 1. The molecule has 0 amide bonds. The van der Waals surface area contributed by atoms with Gasteiger partial charge in [-0.2, -0.15) is 5.10 Å². The summed E-state index contributed by atoms with van der Waals surface area (Å²) in [4.78, 5) is 0. The summed E-state index contributed by atoms with van der Waals surface area (Å²) in [6.07, 6.45) is 0. The number of allylic oxidation sites excluding steroid dienone is 1. The van der Waals surface area contributed by atoms with E-state index >= 15 is 0 Å². The molecule has 0 fully saturated rings. The maximum Gasteiger partial charge on any atom is 0.228 e. The fourth-order valence-corrected chi connectivity index (χ4v) is 1.05. The lowest BCUT2D eigenvalue weighted by atomic mass is 9.92. The van der Waals surface area contributed by atoms with E-state index < -0.39 is 0 Å². The molecule has 88 valence electrons. The Kier molecular flexibility index (Phi) is 3.80. The van der Waals surface area contributed by atoms with E-state index in [1.807, 2.05) is 41.5 Å². The molecule has 0 aromatic carbocycles. The molecule has 0 bridgehead atoms. The average Bonchev–Trinajstić information content (AvgIpc) is 1.99. The summed E-state index contributed by atoms with van der Waals surface area (Å²) in [7, 11) is 0. The third-order valence-electron chi connectivity index (χ3n) is 2.03. The van der Waals surface area contributed by atoms with E-state index in [0.29, 0.717) is 5.70 Å². The molecule has 4 nitrogen and oxygen atoms in total. The van der Waals surface area contributed by atoms with E-state index in [2.05, 4.69) is 11.8 Å². The average molecular weight is 213 g/mol. The van der Waals surface area contributed by atoms with E-state index in [1.165, 1.54) is 5.01 Å². The quantitative estimate of drug-likeness (QED) is 0.421. The van der Waals surface area contributed by atoms with Gasteiger partial charge in [0.15, 0.2) is 0 Å². The van der Waals surface area contributed by atoms with E-state index in [4.69, 9.17) is 5.73 Å². The second-order valence-corrected chi connectivity index (χ2v) is 5.61. The first-order chi connectivity index (χ1) is 6.51. The smallest absolute Gasteiger partial charge is 0.228 e. The van der Waals surface area contributed by atoms with Crippen LogP contribution in [0.15, 0.2) is 16.7 Å². The monoisotopic (exact) mass is 213 g/mol. The van der Waals surface area contributed by atoms with Crippen LogP contribution in [-0.4, -0.2) is 22.4 Å². The molecule has 0 aliphatic heterocycles. The molecule has 0 unspecified atom stereocenters. The highest BCUT2D eigenvalue weighted by atomic mass is 16.3. The van der Waals surface area contributed by atoms with Gasteiger partial charge in [-0.15, -0.1) is 0 Å². The van der Waals surface area contributed by atoms with Crippen LogP contribution in [0.1, 0.15) is 41.5 Å². The zero-order valence-electron chi connectivity index (χ0n) is 10.6. The van der Waals surface area contributed by atoms with Crippen LogP contribution in [0.4, 0.5) is 0 Å². The van der Waals surface area contributed by atoms with Crippen molar-refractivity contribution in [2.45, 2.75) is 47.1 Å². The van der Waals surface area contributed by atoms with Crippen molar-refractivity contribution < 1.29 is 5.11 Å². The normalized spacial score (nSPS) is 14.5. The summed E-state index contributed by atoms with van der Waals surface area (Å²) in [6, 6.07) is 0. The lowest BCUT2D eigenvalue weighted by Crippen LogP contribution is -2.39. The molecule has 0 saturated carbocycles. The zero-order chi connectivity index (χ0) is 12.4. The molecule has 0 aromatic rings. The number of nitrogens with two attached hydrogens (primary N) is 1. The standard InChI is InChI=1S/C11H23N3O/c1-10(2,3)8(12)9(15)14(13-7)11(4,5)6/h15H,7,12H2,1-6H3/b9-8+. The van der Waals surface area contributed by atoms with Crippen LogP contribution in [0.2, 0.25) is 0 Å². The third kappa shape index (κ3) is 3.46. The van der Waals surface area contributed by atoms with Crippen LogP contribution in [0.25, 0.3) is 0 Å². The first-order valence-corrected chi connectivity index (χ1v) is 4.98. The summed E-state index contributed by atoms with van der Waals surface area (Å²) < 4.78 is 0. The van der Waals surface area contributed by atoms with Crippen molar-refractivity contribution in [1.29, 1.82) is 0 Å². The Morgan fingerprint density at radius 2 is 1.60 bits per heavy atom. The van der Waals surface area contributed by atoms with Crippen LogP contribution in [0.5, 0.6) is 0 Å². The van der Waals surface area contributed by atoms with Gasteiger partial charge < -0.3 is 10.8 Å². The molecule has 0 rings (SSSR count). The molecule has 0 saturated heterocycles. The number of hydrogen-bond acceptors (Lipinski definition) is 4. The van der Waals surface area contributed by atoms with Crippen molar-refractivity contribution >= 4 is 6.72 Å². The molecular formula is C11H23N3O. The lowest BCUT2D eigenvalue weighted by molar-refractivity contribution is 0.104. The van der Waals surface area contributed by atoms with Gasteiger partial charge in [0, 0.05) is 12.1 Å². The summed E-state index contributed by atoms with van der Waals surface area (Å²) in [5, 5.41) is 15.2. The molecule has 0 aromatic heterocycles. The molecule has 3 N–H and O–H groups in total. The number of nitrogens with zero attached hydrogens (tertiary/aromatic N) is 2. The number of rotatable bonds is 2. The van der Waals surface area contributed by atoms with Gasteiger partial charge in [-0.05, 0) is 20.8 Å². The van der Waals surface area contributed by atoms with Crippen molar-refractivity contribution in [3.8, 4) is 0 Å². The van der Waals surface area contributed by atoms with Gasteiger partial charge in [-0.25, -0.2) is 5.01 Å². The van der Waals surface area contributed by atoms with Crippen LogP contribution >= 0.6 is 0 Å². The molecule has 4 heteroatoms. The highest BCUT2D eigenvalue weighted by Gasteiger charge is 2.28. The summed E-state index contributed by atoms with van der Waals surface area (Å²) in [6.45, 7) is 15.0. The topological polar surface area (TPSA) is 61.8 Å². The predicted molar refractivity (Wildman–Crippen MR) is 64.4 cm³/mol. The lowest BCUT2D eigenvalue weighted by Gasteiger charge is -2.34. The molecular weight excluding hydrogens is 190 g/mol. The van der Waals surface area contributed by atoms with E-state index in [0.717, 1.165) is 0 Å². The maximum absolute atomic E-state index is 10.00. The third-order valence-corrected chi connectivity index (χ3v) is 2.03. The zero-order valence-corrected chi connectivity index (χ0v) is 10.6. The van der Waals surface area contributed by atoms with Crippen molar-refractivity contribution in [2.24, 2.45) is 16.3 Å². The van der Waals surface area contributed by atoms with Gasteiger partial charge in [0.25, 0.3) is 0 Å². The summed E-state index contributed by atoms with van der Waals surface area (Å²) in [5.41, 5.74) is 5.64. The van der Waals surface area contributed by atoms with Crippen LogP contribution in [0, 0.1) is 5.41 Å². The van der Waals surface area contributed by atoms with Crippen molar-refractivity contribution in [3.05, 3.63) is 11.6 Å². The van der Waals surface area contributed by atoms with Gasteiger partial charge in [0.05, 0.1) is 11.2 Å². The maximum atomic E-state index is 10.00. The first kappa shape index (κ1) is 13.8. The van der Waals surface area contributed by atoms with E-state index in [1.54, 1.807) is 0 Å². The van der Waals surface area contributed by atoms with Gasteiger partial charge in [0.2, 0.25) is 5.88 Å². The van der Waals surface area contributed by atoms with E-state index in [-0.39, 0.29) is 16.8 Å². The predicted octanol–water partition coefficient (Wildman–Crippen LogP) is 2.43. The van der Waals surface area contributed by atoms with Crippen LogP contribution < -0.4 is 5.73 Å². The van der Waals surface area contributed by atoms with Gasteiger partial charge in [0.1, 0.15) is 0 Å². The first-order valence-electron chi connectivity index (χ1n) is 4.98. The number of aliphatic hydroxyl groups excluding tert-OH is 1. The number of hydrogen-bond donors (Lipinski definition) is 2. The SMILES string of the molecule is C=NN(/C(O)=C(\N)C(C)(C)C)C(C)(C)C. The second kappa shape index (κ2) is 4.13. The molecule has 0 aliphatic rings. The van der Waals surface area contributed by atoms with Gasteiger partial charge in [-0.1, -0.05) is 20.8 Å². The Labute approximate surface area is 92.5 Å². The Bertz CT molecular complexity index is 269. The Morgan fingerprint density at radius 1 is 1.20 bits per heavy atom. The molecule has 0 radical (unpaired) electrons. The van der Waals surface area contributed by atoms with Crippen molar-refractivity contribution in [2.75, 3.05) is 0 Å². The largest absolute Gasteiger partial charge is 0.492 e. The molecule has 0 atom stereocenters. The molecule has 0 aliphatic carbocycles. The highest BCUT2D eigenvalue weighted by molar-refractivity contribution is 5.24. The minimum absolute atomic E-state index is 0.0231.